The van der Waals surface area contributed by atoms with E-state index in [4.69, 9.17) is 16.0 Å². The van der Waals surface area contributed by atoms with E-state index in [0.717, 1.165) is 5.56 Å². The Labute approximate surface area is 185 Å². The number of nitrogens with one attached hydrogen (secondary N) is 2. The molecule has 1 amide bonds. The zero-order chi connectivity index (χ0) is 22.3. The summed E-state index contributed by atoms with van der Waals surface area (Å²) in [6, 6.07) is 20.0. The van der Waals surface area contributed by atoms with Crippen molar-refractivity contribution in [1.82, 2.24) is 10.0 Å². The maximum atomic E-state index is 12.3. The molecule has 0 spiro atoms. The van der Waals surface area contributed by atoms with Crippen molar-refractivity contribution in [3.63, 3.8) is 0 Å². The van der Waals surface area contributed by atoms with Gasteiger partial charge in [0.25, 0.3) is 5.91 Å². The smallest absolute Gasteiger partial charge is 0.262 e. The molecule has 0 fully saturated rings. The molecule has 2 N–H and O–H groups in total. The van der Waals surface area contributed by atoms with E-state index in [-0.39, 0.29) is 29.3 Å². The van der Waals surface area contributed by atoms with Gasteiger partial charge in [-0.3, -0.25) is 4.79 Å². The molecule has 0 aliphatic rings. The van der Waals surface area contributed by atoms with E-state index in [1.165, 1.54) is 30.3 Å². The van der Waals surface area contributed by atoms with Crippen LogP contribution >= 0.6 is 11.6 Å². The van der Waals surface area contributed by atoms with Crippen LogP contribution in [-0.4, -0.2) is 14.3 Å². The van der Waals surface area contributed by atoms with Crippen molar-refractivity contribution in [3.8, 4) is 6.07 Å². The van der Waals surface area contributed by atoms with Gasteiger partial charge < -0.3 is 9.73 Å². The standard InChI is InChI=1S/C22H18ClN3O4S/c23-18-6-10-21(11-7-18)31(28,29)26-15-20-9-8-19(30-20)12-17(13-24)22(27)25-14-16-4-2-1-3-5-16/h1-12,26H,14-15H2,(H,25,27)/b17-12+. The molecule has 0 radical (unpaired) electrons. The summed E-state index contributed by atoms with van der Waals surface area (Å²) >= 11 is 5.78. The molecule has 1 aromatic heterocycles. The molecule has 9 heteroatoms. The van der Waals surface area contributed by atoms with Crippen molar-refractivity contribution in [1.29, 1.82) is 5.26 Å². The number of carbonyl (C=O) groups is 1. The van der Waals surface area contributed by atoms with Gasteiger partial charge in [-0.25, -0.2) is 13.1 Å². The van der Waals surface area contributed by atoms with Gasteiger partial charge in [-0.05, 0) is 42.0 Å². The molecule has 1 heterocycles. The minimum absolute atomic E-state index is 0.0745. The molecule has 0 aliphatic carbocycles. The second kappa shape index (κ2) is 10.1. The summed E-state index contributed by atoms with van der Waals surface area (Å²) in [7, 11) is -3.74. The lowest BCUT2D eigenvalue weighted by atomic mass is 10.2. The number of benzene rings is 2. The number of rotatable bonds is 8. The van der Waals surface area contributed by atoms with E-state index in [0.29, 0.717) is 10.8 Å². The average molecular weight is 456 g/mol. The summed E-state index contributed by atoms with van der Waals surface area (Å²) in [4.78, 5) is 12.3. The highest BCUT2D eigenvalue weighted by Gasteiger charge is 2.15. The maximum Gasteiger partial charge on any atom is 0.262 e. The van der Waals surface area contributed by atoms with Gasteiger partial charge in [0.1, 0.15) is 23.2 Å². The number of nitrogens with zero attached hydrogens (tertiary/aromatic N) is 1. The molecule has 3 aromatic rings. The molecule has 158 valence electrons. The van der Waals surface area contributed by atoms with Gasteiger partial charge in [-0.2, -0.15) is 5.26 Å². The molecule has 31 heavy (non-hydrogen) atoms. The average Bonchev–Trinajstić information content (AvgIpc) is 3.23. The van der Waals surface area contributed by atoms with Crippen molar-refractivity contribution >= 4 is 33.6 Å². The molecule has 0 saturated carbocycles. The fourth-order valence-electron chi connectivity index (χ4n) is 2.59. The predicted molar refractivity (Wildman–Crippen MR) is 116 cm³/mol. The molecule has 7 nitrogen and oxygen atoms in total. The van der Waals surface area contributed by atoms with Gasteiger partial charge >= 0.3 is 0 Å². The van der Waals surface area contributed by atoms with Gasteiger partial charge in [-0.1, -0.05) is 41.9 Å². The Morgan fingerprint density at radius 1 is 1.03 bits per heavy atom. The predicted octanol–water partition coefficient (Wildman–Crippen LogP) is 3.63. The molecule has 0 bridgehead atoms. The number of amides is 1. The van der Waals surface area contributed by atoms with E-state index in [1.807, 2.05) is 36.4 Å². The van der Waals surface area contributed by atoms with Crippen molar-refractivity contribution < 1.29 is 17.6 Å². The maximum absolute atomic E-state index is 12.3. The minimum Gasteiger partial charge on any atom is -0.460 e. The van der Waals surface area contributed by atoms with E-state index in [1.54, 1.807) is 12.1 Å². The highest BCUT2D eigenvalue weighted by molar-refractivity contribution is 7.89. The van der Waals surface area contributed by atoms with Crippen LogP contribution in [0.1, 0.15) is 17.1 Å². The summed E-state index contributed by atoms with van der Waals surface area (Å²) < 4.78 is 32.6. The number of furan rings is 1. The number of sulfonamides is 1. The first-order chi connectivity index (χ1) is 14.9. The first kappa shape index (κ1) is 22.3. The van der Waals surface area contributed by atoms with Crippen molar-refractivity contribution in [2.24, 2.45) is 0 Å². The van der Waals surface area contributed by atoms with Crippen LogP contribution in [0.15, 0.2) is 81.6 Å². The number of nitriles is 1. The Bertz CT molecular complexity index is 1230. The Hall–Kier alpha value is -3.38. The molecule has 0 saturated heterocycles. The summed E-state index contributed by atoms with van der Waals surface area (Å²) in [5.41, 5.74) is 0.778. The Kier molecular flexibility index (Phi) is 7.26. The van der Waals surface area contributed by atoms with Gasteiger partial charge in [0.2, 0.25) is 10.0 Å². The van der Waals surface area contributed by atoms with Crippen molar-refractivity contribution in [2.45, 2.75) is 18.0 Å². The number of halogens is 1. The zero-order valence-corrected chi connectivity index (χ0v) is 17.8. The third kappa shape index (κ3) is 6.30. The second-order valence-corrected chi connectivity index (χ2v) is 8.62. The summed E-state index contributed by atoms with van der Waals surface area (Å²) in [5.74, 6) is 0.0469. The van der Waals surface area contributed by atoms with Gasteiger partial charge in [-0.15, -0.1) is 0 Å². The summed E-state index contributed by atoms with van der Waals surface area (Å²) in [6.07, 6.45) is 1.30. The second-order valence-electron chi connectivity index (χ2n) is 6.42. The quantitative estimate of drug-likeness (QED) is 0.398. The highest BCUT2D eigenvalue weighted by Crippen LogP contribution is 2.16. The van der Waals surface area contributed by atoms with Crippen LogP contribution in [0.25, 0.3) is 6.08 Å². The van der Waals surface area contributed by atoms with Crippen LogP contribution in [0, 0.1) is 11.3 Å². The minimum atomic E-state index is -3.74. The third-order valence-corrected chi connectivity index (χ3v) is 5.86. The molecular weight excluding hydrogens is 438 g/mol. The Morgan fingerprint density at radius 3 is 2.42 bits per heavy atom. The number of carbonyl (C=O) groups excluding carboxylic acids is 1. The van der Waals surface area contributed by atoms with Crippen LogP contribution in [-0.2, 0) is 27.9 Å². The van der Waals surface area contributed by atoms with Crippen LogP contribution < -0.4 is 10.0 Å². The van der Waals surface area contributed by atoms with Gasteiger partial charge in [0.15, 0.2) is 0 Å². The Morgan fingerprint density at radius 2 is 1.74 bits per heavy atom. The summed E-state index contributed by atoms with van der Waals surface area (Å²) in [5, 5.41) is 12.4. The SMILES string of the molecule is N#C/C(=C\c1ccc(CNS(=O)(=O)c2ccc(Cl)cc2)o1)C(=O)NCc1ccccc1. The first-order valence-electron chi connectivity index (χ1n) is 9.15. The largest absolute Gasteiger partial charge is 0.460 e. The van der Waals surface area contributed by atoms with Gasteiger partial charge in [0, 0.05) is 17.6 Å². The number of hydrogen-bond acceptors (Lipinski definition) is 5. The van der Waals surface area contributed by atoms with Crippen molar-refractivity contribution in [3.05, 3.63) is 94.4 Å². The van der Waals surface area contributed by atoms with Crippen LogP contribution in [0.4, 0.5) is 0 Å². The molecule has 2 aromatic carbocycles. The van der Waals surface area contributed by atoms with E-state index >= 15 is 0 Å². The third-order valence-electron chi connectivity index (χ3n) is 4.19. The topological polar surface area (TPSA) is 112 Å². The van der Waals surface area contributed by atoms with Crippen LogP contribution in [0.3, 0.4) is 0 Å². The Balaban J connectivity index is 1.62. The van der Waals surface area contributed by atoms with Crippen LogP contribution in [0.2, 0.25) is 5.02 Å². The monoisotopic (exact) mass is 455 g/mol. The number of hydrogen-bond donors (Lipinski definition) is 2. The fraction of sp³-hybridized carbons (Fsp3) is 0.0909. The first-order valence-corrected chi connectivity index (χ1v) is 11.0. The molecule has 3 rings (SSSR count). The lowest BCUT2D eigenvalue weighted by Crippen LogP contribution is -2.23. The zero-order valence-electron chi connectivity index (χ0n) is 16.2. The van der Waals surface area contributed by atoms with E-state index in [9.17, 15) is 18.5 Å². The summed E-state index contributed by atoms with van der Waals surface area (Å²) in [6.45, 7) is 0.190. The lowest BCUT2D eigenvalue weighted by molar-refractivity contribution is -0.117. The molecule has 0 atom stereocenters. The normalized spacial score (nSPS) is 11.7. The van der Waals surface area contributed by atoms with E-state index in [2.05, 4.69) is 10.0 Å². The lowest BCUT2D eigenvalue weighted by Gasteiger charge is -2.05. The van der Waals surface area contributed by atoms with Gasteiger partial charge in [0.05, 0.1) is 11.4 Å². The van der Waals surface area contributed by atoms with Crippen molar-refractivity contribution in [2.75, 3.05) is 0 Å². The highest BCUT2D eigenvalue weighted by atomic mass is 35.5. The van der Waals surface area contributed by atoms with Crippen LogP contribution in [0.5, 0.6) is 0 Å². The molecule has 0 aliphatic heterocycles. The molecule has 0 unspecified atom stereocenters. The van der Waals surface area contributed by atoms with E-state index < -0.39 is 15.9 Å². The molecular formula is C22H18ClN3O4S. The fourth-order valence-corrected chi connectivity index (χ4v) is 3.71.